The van der Waals surface area contributed by atoms with Crippen molar-refractivity contribution in [2.45, 2.75) is 32.2 Å². The number of carbonyl (C=O) groups excluding carboxylic acids is 1. The van der Waals surface area contributed by atoms with Crippen LogP contribution in [-0.4, -0.2) is 29.4 Å². The minimum absolute atomic E-state index is 0.175. The van der Waals surface area contributed by atoms with Gasteiger partial charge in [0.05, 0.1) is 13.2 Å². The highest BCUT2D eigenvalue weighted by Crippen LogP contribution is 2.08. The molecule has 0 radical (unpaired) electrons. The lowest BCUT2D eigenvalue weighted by atomic mass is 10.2. The van der Waals surface area contributed by atoms with E-state index in [-0.39, 0.29) is 12.1 Å². The van der Waals surface area contributed by atoms with Crippen LogP contribution >= 0.6 is 34.4 Å². The highest BCUT2D eigenvalue weighted by atomic mass is 127. The van der Waals surface area contributed by atoms with Crippen molar-refractivity contribution < 1.29 is 9.53 Å². The van der Waals surface area contributed by atoms with E-state index in [9.17, 15) is 4.79 Å². The van der Waals surface area contributed by atoms with Gasteiger partial charge in [0.15, 0.2) is 0 Å². The van der Waals surface area contributed by atoms with Crippen molar-refractivity contribution in [2.24, 2.45) is 0 Å². The van der Waals surface area contributed by atoms with Gasteiger partial charge in [-0.2, -0.15) is 0 Å². The Morgan fingerprint density at radius 3 is 2.94 bits per heavy atom. The van der Waals surface area contributed by atoms with Crippen molar-refractivity contribution in [1.82, 2.24) is 5.32 Å². The van der Waals surface area contributed by atoms with Crippen molar-refractivity contribution in [3.05, 3.63) is 11.5 Å². The molecule has 1 amide bonds. The number of rotatable bonds is 8. The number of thioether (sulfide) groups is 1. The highest BCUT2D eigenvalue weighted by molar-refractivity contribution is 14.1. The van der Waals surface area contributed by atoms with E-state index in [1.165, 1.54) is 20.0 Å². The fraction of sp³-hybridized carbons (Fsp3) is 0.727. The average molecular weight is 357 g/mol. The molecule has 94 valence electrons. The molecule has 0 saturated heterocycles. The average Bonchev–Trinajstić information content (AvgIpc) is 2.31. The minimum Gasteiger partial charge on any atom is -0.453 e. The third-order valence-corrected chi connectivity index (χ3v) is 3.95. The lowest BCUT2D eigenvalue weighted by molar-refractivity contribution is 0.169. The lowest BCUT2D eigenvalue weighted by Crippen LogP contribution is -2.37. The third kappa shape index (κ3) is 9.33. The normalized spacial score (nSPS) is 12.7. The van der Waals surface area contributed by atoms with Crippen LogP contribution in [0.3, 0.4) is 0 Å². The van der Waals surface area contributed by atoms with Crippen LogP contribution in [0.5, 0.6) is 0 Å². The Hall–Kier alpha value is 0.0900. The molecule has 0 saturated carbocycles. The largest absolute Gasteiger partial charge is 0.453 e. The predicted octanol–water partition coefficient (Wildman–Crippen LogP) is 3.58. The molecule has 0 heterocycles. The van der Waals surface area contributed by atoms with Gasteiger partial charge < -0.3 is 10.1 Å². The maximum absolute atomic E-state index is 11.0. The van der Waals surface area contributed by atoms with Crippen LogP contribution in [0.1, 0.15) is 26.2 Å². The van der Waals surface area contributed by atoms with Crippen molar-refractivity contribution in [3.63, 3.8) is 0 Å². The lowest BCUT2D eigenvalue weighted by Gasteiger charge is -2.13. The third-order valence-electron chi connectivity index (χ3n) is 1.91. The van der Waals surface area contributed by atoms with Crippen molar-refractivity contribution in [2.75, 3.05) is 17.3 Å². The summed E-state index contributed by atoms with van der Waals surface area (Å²) in [4.78, 5) is 11.0. The summed E-state index contributed by atoms with van der Waals surface area (Å²) in [6, 6.07) is 0.175. The summed E-state index contributed by atoms with van der Waals surface area (Å²) >= 11 is 4.00. The molecule has 3 nitrogen and oxygen atoms in total. The van der Waals surface area contributed by atoms with Crippen LogP contribution in [0, 0.1) is 0 Å². The molecule has 1 atom stereocenters. The summed E-state index contributed by atoms with van der Waals surface area (Å²) in [6.45, 7) is 2.19. The van der Waals surface area contributed by atoms with E-state index >= 15 is 0 Å². The smallest absolute Gasteiger partial charge is 0.407 e. The second kappa shape index (κ2) is 11.6. The van der Waals surface area contributed by atoms with Crippen molar-refractivity contribution in [3.8, 4) is 0 Å². The van der Waals surface area contributed by atoms with Gasteiger partial charge in [0, 0.05) is 10.2 Å². The van der Waals surface area contributed by atoms with Gasteiger partial charge in [-0.3, -0.25) is 0 Å². The van der Waals surface area contributed by atoms with E-state index in [1.54, 1.807) is 11.8 Å². The van der Waals surface area contributed by atoms with Gasteiger partial charge in [0.25, 0.3) is 0 Å². The van der Waals surface area contributed by atoms with Crippen LogP contribution in [-0.2, 0) is 4.74 Å². The standard InChI is InChI=1S/C11H20INO2S/c1-3-4-5-6-7-16-9-10(8-12)13-11(14)15-2/h6-7,10H,3-5,8-9H2,1-2H3,(H,13,14)/b7-6+/t10-/m1/s1. The number of nitrogens with one attached hydrogen (secondary N) is 1. The van der Waals surface area contributed by atoms with E-state index in [2.05, 4.69) is 51.1 Å². The van der Waals surface area contributed by atoms with Gasteiger partial charge in [-0.15, -0.1) is 11.8 Å². The molecule has 0 aromatic rings. The summed E-state index contributed by atoms with van der Waals surface area (Å²) < 4.78 is 5.45. The Morgan fingerprint density at radius 2 is 2.38 bits per heavy atom. The van der Waals surface area contributed by atoms with Gasteiger partial charge in [-0.05, 0) is 11.8 Å². The minimum atomic E-state index is -0.350. The Labute approximate surface area is 116 Å². The van der Waals surface area contributed by atoms with Crippen molar-refractivity contribution >= 4 is 40.4 Å². The fourth-order valence-corrected chi connectivity index (χ4v) is 2.75. The molecule has 0 unspecified atom stereocenters. The Morgan fingerprint density at radius 1 is 1.62 bits per heavy atom. The first-order valence-electron chi connectivity index (χ1n) is 5.41. The molecule has 0 spiro atoms. The summed E-state index contributed by atoms with van der Waals surface area (Å²) in [5.41, 5.74) is 0. The van der Waals surface area contributed by atoms with E-state index in [1.807, 2.05) is 0 Å². The maximum Gasteiger partial charge on any atom is 0.407 e. The van der Waals surface area contributed by atoms with Gasteiger partial charge in [-0.25, -0.2) is 4.79 Å². The van der Waals surface area contributed by atoms with E-state index in [4.69, 9.17) is 0 Å². The Balaban J connectivity index is 3.62. The molecule has 5 heteroatoms. The number of halogens is 1. The second-order valence-electron chi connectivity index (χ2n) is 3.33. The van der Waals surface area contributed by atoms with E-state index in [0.29, 0.717) is 0 Å². The van der Waals surface area contributed by atoms with Gasteiger partial charge in [0.2, 0.25) is 0 Å². The SMILES string of the molecule is CCCC/C=C/SC[C@@H](CI)NC(=O)OC. The summed E-state index contributed by atoms with van der Waals surface area (Å²) in [5.74, 6) is 0.890. The maximum atomic E-state index is 11.0. The van der Waals surface area contributed by atoms with Gasteiger partial charge in [-0.1, -0.05) is 48.4 Å². The molecule has 16 heavy (non-hydrogen) atoms. The molecule has 1 N–H and O–H groups in total. The molecule has 0 aliphatic heterocycles. The molecule has 0 aliphatic carbocycles. The molecule has 0 aliphatic rings. The number of amides is 1. The number of ether oxygens (including phenoxy) is 1. The molecule has 0 bridgehead atoms. The van der Waals surface area contributed by atoms with E-state index < -0.39 is 0 Å². The number of carbonyl (C=O) groups is 1. The monoisotopic (exact) mass is 357 g/mol. The zero-order chi connectivity index (χ0) is 12.2. The quantitative estimate of drug-likeness (QED) is 0.410. The topological polar surface area (TPSA) is 38.3 Å². The summed E-state index contributed by atoms with van der Waals surface area (Å²) in [6.07, 6.45) is 5.46. The number of methoxy groups -OCH3 is 1. The Kier molecular flexibility index (Phi) is 11.6. The molecular formula is C11H20INO2S. The number of allylic oxidation sites excluding steroid dienone is 1. The highest BCUT2D eigenvalue weighted by Gasteiger charge is 2.09. The van der Waals surface area contributed by atoms with Crippen LogP contribution in [0.4, 0.5) is 4.79 Å². The summed E-state index contributed by atoms with van der Waals surface area (Å²) in [5, 5.41) is 4.91. The number of hydrogen-bond acceptors (Lipinski definition) is 3. The van der Waals surface area contributed by atoms with Crippen LogP contribution < -0.4 is 5.32 Å². The van der Waals surface area contributed by atoms with E-state index in [0.717, 1.165) is 16.6 Å². The first-order valence-corrected chi connectivity index (χ1v) is 7.99. The number of alkyl halides is 1. The van der Waals surface area contributed by atoms with Crippen LogP contribution in [0.25, 0.3) is 0 Å². The number of unbranched alkanes of at least 4 members (excludes halogenated alkanes) is 2. The molecule has 0 aromatic heterocycles. The zero-order valence-electron chi connectivity index (χ0n) is 9.87. The molecule has 0 rings (SSSR count). The van der Waals surface area contributed by atoms with Crippen molar-refractivity contribution in [1.29, 1.82) is 0 Å². The van der Waals surface area contributed by atoms with Crippen LogP contribution in [0.15, 0.2) is 11.5 Å². The van der Waals surface area contributed by atoms with Gasteiger partial charge in [0.1, 0.15) is 0 Å². The fourth-order valence-electron chi connectivity index (χ4n) is 0.980. The zero-order valence-corrected chi connectivity index (χ0v) is 12.8. The first-order chi connectivity index (χ1) is 7.74. The Bertz CT molecular complexity index is 212. The van der Waals surface area contributed by atoms with Crippen LogP contribution in [0.2, 0.25) is 0 Å². The molecule has 0 fully saturated rings. The molecular weight excluding hydrogens is 337 g/mol. The number of hydrogen-bond donors (Lipinski definition) is 1. The number of alkyl carbamates (subject to hydrolysis) is 1. The summed E-state index contributed by atoms with van der Waals surface area (Å²) in [7, 11) is 1.39. The first kappa shape index (κ1) is 16.1. The second-order valence-corrected chi connectivity index (χ2v) is 5.15. The van der Waals surface area contributed by atoms with Gasteiger partial charge >= 0.3 is 6.09 Å². The predicted molar refractivity (Wildman–Crippen MR) is 79.3 cm³/mol. The molecule has 0 aromatic carbocycles.